The van der Waals surface area contributed by atoms with Crippen molar-refractivity contribution in [2.75, 3.05) is 25.1 Å². The topological polar surface area (TPSA) is 76.7 Å². The van der Waals surface area contributed by atoms with Gasteiger partial charge in [0.1, 0.15) is 12.4 Å². The number of para-hydroxylation sites is 1. The van der Waals surface area contributed by atoms with Crippen LogP contribution in [-0.2, 0) is 4.74 Å². The predicted octanol–water partition coefficient (Wildman–Crippen LogP) is 4.18. The lowest BCUT2D eigenvalue weighted by Gasteiger charge is -2.14. The average Bonchev–Trinajstić information content (AvgIpc) is 3.25. The van der Waals surface area contributed by atoms with Gasteiger partial charge in [-0.25, -0.2) is 0 Å². The van der Waals surface area contributed by atoms with Gasteiger partial charge in [0, 0.05) is 18.7 Å². The quantitative estimate of drug-likeness (QED) is 0.581. The molecule has 1 aliphatic heterocycles. The molecule has 1 fully saturated rings. The largest absolute Gasteiger partial charge is 0.490 e. The van der Waals surface area contributed by atoms with E-state index in [2.05, 4.69) is 33.1 Å². The van der Waals surface area contributed by atoms with Crippen LogP contribution in [0.5, 0.6) is 5.75 Å². The van der Waals surface area contributed by atoms with E-state index in [1.807, 2.05) is 0 Å². The van der Waals surface area contributed by atoms with Gasteiger partial charge in [0.25, 0.3) is 11.8 Å². The van der Waals surface area contributed by atoms with E-state index < -0.39 is 0 Å². The Bertz CT molecular complexity index is 894. The molecule has 1 atom stereocenters. The van der Waals surface area contributed by atoms with E-state index in [9.17, 15) is 9.59 Å². The highest BCUT2D eigenvalue weighted by Gasteiger charge is 2.18. The fourth-order valence-corrected chi connectivity index (χ4v) is 3.46. The lowest BCUT2D eigenvalue weighted by molar-refractivity contribution is 0.0677. The second kappa shape index (κ2) is 10.2. The SMILES string of the molecule is C=CCNC(=O)c1ccccc1NC(=O)c1ccc(OCC2CCCO2)c(Br)c1. The smallest absolute Gasteiger partial charge is 0.255 e. The first-order chi connectivity index (χ1) is 14.1. The molecule has 1 aliphatic rings. The first kappa shape index (κ1) is 21.1. The highest BCUT2D eigenvalue weighted by molar-refractivity contribution is 9.10. The molecular formula is C22H23BrN2O4. The number of benzene rings is 2. The number of hydrogen-bond donors (Lipinski definition) is 2. The Kier molecular flexibility index (Phi) is 7.43. The van der Waals surface area contributed by atoms with E-state index >= 15 is 0 Å². The zero-order valence-electron chi connectivity index (χ0n) is 15.9. The zero-order chi connectivity index (χ0) is 20.6. The Morgan fingerprint density at radius 3 is 2.79 bits per heavy atom. The molecule has 1 saturated heterocycles. The molecule has 2 amide bonds. The summed E-state index contributed by atoms with van der Waals surface area (Å²) in [5.41, 5.74) is 1.27. The molecule has 1 heterocycles. The molecular weight excluding hydrogens is 436 g/mol. The van der Waals surface area contributed by atoms with Crippen LogP contribution in [0, 0.1) is 0 Å². The third-order valence-corrected chi connectivity index (χ3v) is 5.09. The molecule has 3 rings (SSSR count). The van der Waals surface area contributed by atoms with Crippen LogP contribution in [-0.4, -0.2) is 37.7 Å². The fourth-order valence-electron chi connectivity index (χ4n) is 2.96. The average molecular weight is 459 g/mol. The third-order valence-electron chi connectivity index (χ3n) is 4.47. The van der Waals surface area contributed by atoms with Gasteiger partial charge in [-0.3, -0.25) is 9.59 Å². The molecule has 152 valence electrons. The minimum atomic E-state index is -0.319. The van der Waals surface area contributed by atoms with Gasteiger partial charge < -0.3 is 20.1 Å². The van der Waals surface area contributed by atoms with Crippen molar-refractivity contribution >= 4 is 33.4 Å². The van der Waals surface area contributed by atoms with Gasteiger partial charge in [-0.15, -0.1) is 6.58 Å². The first-order valence-electron chi connectivity index (χ1n) is 9.42. The number of halogens is 1. The van der Waals surface area contributed by atoms with Gasteiger partial charge in [0.15, 0.2) is 0 Å². The summed E-state index contributed by atoms with van der Waals surface area (Å²) in [6, 6.07) is 12.0. The summed E-state index contributed by atoms with van der Waals surface area (Å²) < 4.78 is 12.0. The monoisotopic (exact) mass is 458 g/mol. The Balaban J connectivity index is 1.67. The number of anilines is 1. The Morgan fingerprint density at radius 1 is 1.24 bits per heavy atom. The zero-order valence-corrected chi connectivity index (χ0v) is 17.5. The summed E-state index contributed by atoms with van der Waals surface area (Å²) in [5, 5.41) is 5.51. The molecule has 0 bridgehead atoms. The number of ether oxygens (including phenoxy) is 2. The van der Waals surface area contributed by atoms with Crippen molar-refractivity contribution in [2.24, 2.45) is 0 Å². The Morgan fingerprint density at radius 2 is 2.07 bits per heavy atom. The van der Waals surface area contributed by atoms with Gasteiger partial charge in [-0.2, -0.15) is 0 Å². The van der Waals surface area contributed by atoms with E-state index in [0.717, 1.165) is 19.4 Å². The number of carbonyl (C=O) groups excluding carboxylic acids is 2. The molecule has 0 aromatic heterocycles. The molecule has 2 aromatic carbocycles. The van der Waals surface area contributed by atoms with Crippen LogP contribution in [0.1, 0.15) is 33.6 Å². The molecule has 0 aliphatic carbocycles. The molecule has 0 radical (unpaired) electrons. The Hall–Kier alpha value is -2.64. The summed E-state index contributed by atoms with van der Waals surface area (Å²) in [6.07, 6.45) is 3.77. The highest BCUT2D eigenvalue weighted by Crippen LogP contribution is 2.27. The van der Waals surface area contributed by atoms with Crippen molar-refractivity contribution in [1.29, 1.82) is 0 Å². The summed E-state index contributed by atoms with van der Waals surface area (Å²) in [7, 11) is 0. The molecule has 0 saturated carbocycles. The number of amides is 2. The van der Waals surface area contributed by atoms with Crippen LogP contribution in [0.4, 0.5) is 5.69 Å². The summed E-state index contributed by atoms with van der Waals surface area (Å²) in [6.45, 7) is 5.19. The minimum Gasteiger partial charge on any atom is -0.490 e. The van der Waals surface area contributed by atoms with Crippen molar-refractivity contribution in [3.05, 3.63) is 70.7 Å². The van der Waals surface area contributed by atoms with E-state index in [1.54, 1.807) is 48.5 Å². The van der Waals surface area contributed by atoms with Crippen molar-refractivity contribution in [3.8, 4) is 5.75 Å². The molecule has 2 aromatic rings. The van der Waals surface area contributed by atoms with Gasteiger partial charge in [-0.05, 0) is 59.1 Å². The summed E-state index contributed by atoms with van der Waals surface area (Å²) in [5.74, 6) is 0.0569. The van der Waals surface area contributed by atoms with E-state index in [-0.39, 0.29) is 17.9 Å². The standard InChI is InChI=1S/C22H23BrN2O4/c1-2-11-24-22(27)17-7-3-4-8-19(17)25-21(26)15-9-10-20(18(23)13-15)29-14-16-6-5-12-28-16/h2-4,7-10,13,16H,1,5-6,11-12,14H2,(H,24,27)(H,25,26). The lowest BCUT2D eigenvalue weighted by Crippen LogP contribution is -2.25. The van der Waals surface area contributed by atoms with Crippen LogP contribution in [0.3, 0.4) is 0 Å². The number of rotatable bonds is 8. The molecule has 7 heteroatoms. The van der Waals surface area contributed by atoms with Crippen molar-refractivity contribution in [1.82, 2.24) is 5.32 Å². The van der Waals surface area contributed by atoms with E-state index in [0.29, 0.717) is 40.2 Å². The first-order valence-corrected chi connectivity index (χ1v) is 10.2. The van der Waals surface area contributed by atoms with Gasteiger partial charge in [0.2, 0.25) is 0 Å². The van der Waals surface area contributed by atoms with Crippen molar-refractivity contribution in [3.63, 3.8) is 0 Å². The normalized spacial score (nSPS) is 15.6. The molecule has 0 spiro atoms. The minimum absolute atomic E-state index is 0.119. The maximum absolute atomic E-state index is 12.7. The van der Waals surface area contributed by atoms with E-state index in [4.69, 9.17) is 9.47 Å². The number of carbonyl (C=O) groups is 2. The maximum atomic E-state index is 12.7. The molecule has 1 unspecified atom stereocenters. The second-order valence-electron chi connectivity index (χ2n) is 6.59. The van der Waals surface area contributed by atoms with Crippen LogP contribution >= 0.6 is 15.9 Å². The summed E-state index contributed by atoms with van der Waals surface area (Å²) >= 11 is 3.46. The predicted molar refractivity (Wildman–Crippen MR) is 116 cm³/mol. The molecule has 2 N–H and O–H groups in total. The third kappa shape index (κ3) is 5.68. The molecule has 6 nitrogen and oxygen atoms in total. The van der Waals surface area contributed by atoms with Gasteiger partial charge in [0.05, 0.1) is 21.8 Å². The van der Waals surface area contributed by atoms with Crippen molar-refractivity contribution < 1.29 is 19.1 Å². The van der Waals surface area contributed by atoms with Gasteiger partial charge in [-0.1, -0.05) is 18.2 Å². The Labute approximate surface area is 178 Å². The lowest BCUT2D eigenvalue weighted by atomic mass is 10.1. The summed E-state index contributed by atoms with van der Waals surface area (Å²) in [4.78, 5) is 25.0. The van der Waals surface area contributed by atoms with Crippen LogP contribution in [0.2, 0.25) is 0 Å². The van der Waals surface area contributed by atoms with Crippen LogP contribution < -0.4 is 15.4 Å². The maximum Gasteiger partial charge on any atom is 0.255 e. The van der Waals surface area contributed by atoms with E-state index in [1.165, 1.54) is 0 Å². The highest BCUT2D eigenvalue weighted by atomic mass is 79.9. The second-order valence-corrected chi connectivity index (χ2v) is 7.44. The van der Waals surface area contributed by atoms with Crippen molar-refractivity contribution in [2.45, 2.75) is 18.9 Å². The van der Waals surface area contributed by atoms with Gasteiger partial charge >= 0.3 is 0 Å². The number of hydrogen-bond acceptors (Lipinski definition) is 4. The molecule has 29 heavy (non-hydrogen) atoms. The fraction of sp³-hybridized carbons (Fsp3) is 0.273. The number of nitrogens with one attached hydrogen (secondary N) is 2. The van der Waals surface area contributed by atoms with Crippen LogP contribution in [0.15, 0.2) is 59.6 Å². The van der Waals surface area contributed by atoms with Crippen LogP contribution in [0.25, 0.3) is 0 Å².